The first-order valence-corrected chi connectivity index (χ1v) is 9.34. The second-order valence-corrected chi connectivity index (χ2v) is 6.85. The van der Waals surface area contributed by atoms with Crippen molar-refractivity contribution in [1.29, 1.82) is 0 Å². The normalized spacial score (nSPS) is 11.9. The molecule has 0 fully saturated rings. The van der Waals surface area contributed by atoms with Gasteiger partial charge in [-0.05, 0) is 61.5 Å². The van der Waals surface area contributed by atoms with Crippen molar-refractivity contribution >= 4 is 11.0 Å². The Hall–Kier alpha value is -3.69. The van der Waals surface area contributed by atoms with Gasteiger partial charge in [-0.2, -0.15) is 27.1 Å². The van der Waals surface area contributed by atoms with Crippen LogP contribution in [0.3, 0.4) is 0 Å². The lowest BCUT2D eigenvalue weighted by Gasteiger charge is -2.12. The molecule has 4 aromatic rings. The predicted molar refractivity (Wildman–Crippen MR) is 107 cm³/mol. The van der Waals surface area contributed by atoms with Crippen LogP contribution in [0.5, 0.6) is 11.5 Å². The number of hydrogen-bond donors (Lipinski definition) is 0. The number of rotatable bonds is 5. The fourth-order valence-electron chi connectivity index (χ4n) is 3.37. The highest BCUT2D eigenvalue weighted by Crippen LogP contribution is 2.39. The largest absolute Gasteiger partial charge is 0.497 e. The molecule has 0 radical (unpaired) electrons. The Balaban J connectivity index is 1.91. The fraction of sp³-hybridized carbons (Fsp3) is 0.182. The maximum absolute atomic E-state index is 13.9. The molecule has 2 heterocycles. The molecule has 0 bridgehead atoms. The summed E-state index contributed by atoms with van der Waals surface area (Å²) < 4.78 is 77.3. The van der Waals surface area contributed by atoms with Crippen LogP contribution in [0.15, 0.2) is 54.6 Å². The van der Waals surface area contributed by atoms with Crippen LogP contribution in [0.1, 0.15) is 11.3 Å². The molecule has 0 saturated heterocycles. The zero-order chi connectivity index (χ0) is 23.0. The molecule has 0 spiro atoms. The molecule has 0 aliphatic carbocycles. The molecule has 0 N–H and O–H groups in total. The number of benzene rings is 2. The SMILES string of the molecule is COc1ccc(-n2nc(C)c3c(C(F)(F)F)cc(-c4ccc(OC(F)F)cc4)nc32)cc1. The minimum absolute atomic E-state index is 0.0167. The van der Waals surface area contributed by atoms with Gasteiger partial charge in [0, 0.05) is 5.56 Å². The second kappa shape index (κ2) is 8.10. The number of hydrogen-bond acceptors (Lipinski definition) is 4. The van der Waals surface area contributed by atoms with Gasteiger partial charge in [0.2, 0.25) is 0 Å². The minimum atomic E-state index is -4.66. The third-order valence-corrected chi connectivity index (χ3v) is 4.81. The zero-order valence-electron chi connectivity index (χ0n) is 16.8. The topological polar surface area (TPSA) is 49.2 Å². The van der Waals surface area contributed by atoms with E-state index in [9.17, 15) is 22.0 Å². The van der Waals surface area contributed by atoms with Gasteiger partial charge in [-0.1, -0.05) is 0 Å². The number of ether oxygens (including phenoxy) is 2. The Kier molecular flexibility index (Phi) is 5.45. The monoisotopic (exact) mass is 449 g/mol. The van der Waals surface area contributed by atoms with E-state index < -0.39 is 18.4 Å². The summed E-state index contributed by atoms with van der Waals surface area (Å²) in [7, 11) is 1.50. The molecule has 2 aromatic heterocycles. The molecule has 0 aliphatic heterocycles. The lowest BCUT2D eigenvalue weighted by molar-refractivity contribution is -0.136. The lowest BCUT2D eigenvalue weighted by Crippen LogP contribution is -2.08. The molecule has 10 heteroatoms. The maximum atomic E-state index is 13.9. The van der Waals surface area contributed by atoms with Crippen molar-refractivity contribution < 1.29 is 31.4 Å². The van der Waals surface area contributed by atoms with Gasteiger partial charge in [-0.3, -0.25) is 0 Å². The number of methoxy groups -OCH3 is 1. The first kappa shape index (κ1) is 21.5. The number of aromatic nitrogens is 3. The van der Waals surface area contributed by atoms with Gasteiger partial charge in [0.1, 0.15) is 11.5 Å². The van der Waals surface area contributed by atoms with Crippen LogP contribution in [-0.2, 0) is 6.18 Å². The van der Waals surface area contributed by atoms with E-state index in [0.29, 0.717) is 17.0 Å². The van der Waals surface area contributed by atoms with E-state index in [-0.39, 0.29) is 28.2 Å². The van der Waals surface area contributed by atoms with Crippen LogP contribution < -0.4 is 9.47 Å². The van der Waals surface area contributed by atoms with Crippen LogP contribution in [0, 0.1) is 6.92 Å². The van der Waals surface area contributed by atoms with Crippen molar-refractivity contribution in [3.63, 3.8) is 0 Å². The molecule has 0 amide bonds. The highest BCUT2D eigenvalue weighted by molar-refractivity contribution is 5.87. The average molecular weight is 449 g/mol. The number of halogens is 5. The zero-order valence-corrected chi connectivity index (χ0v) is 16.8. The highest BCUT2D eigenvalue weighted by atomic mass is 19.4. The summed E-state index contributed by atoms with van der Waals surface area (Å²) in [6.45, 7) is -1.52. The van der Waals surface area contributed by atoms with Crippen molar-refractivity contribution in [3.05, 3.63) is 65.9 Å². The van der Waals surface area contributed by atoms with Gasteiger partial charge in [-0.25, -0.2) is 9.67 Å². The van der Waals surface area contributed by atoms with E-state index in [4.69, 9.17) is 4.74 Å². The molecular weight excluding hydrogens is 433 g/mol. The van der Waals surface area contributed by atoms with Crippen LogP contribution in [-0.4, -0.2) is 28.5 Å². The molecule has 0 saturated carbocycles. The molecule has 0 aliphatic rings. The Labute approximate surface area is 179 Å². The molecule has 2 aromatic carbocycles. The number of fused-ring (bicyclic) bond motifs is 1. The van der Waals surface area contributed by atoms with Crippen molar-refractivity contribution in [1.82, 2.24) is 14.8 Å². The second-order valence-electron chi connectivity index (χ2n) is 6.85. The van der Waals surface area contributed by atoms with E-state index in [1.165, 1.54) is 43.0 Å². The molecule has 32 heavy (non-hydrogen) atoms. The Morgan fingerprint density at radius 2 is 1.56 bits per heavy atom. The van der Waals surface area contributed by atoms with Gasteiger partial charge in [0.05, 0.1) is 35.1 Å². The van der Waals surface area contributed by atoms with Gasteiger partial charge in [0.15, 0.2) is 5.65 Å². The van der Waals surface area contributed by atoms with E-state index in [1.54, 1.807) is 24.3 Å². The summed E-state index contributed by atoms with van der Waals surface area (Å²) in [5.41, 5.74) is 0.125. The van der Waals surface area contributed by atoms with Crippen LogP contribution in [0.2, 0.25) is 0 Å². The molecule has 5 nitrogen and oxygen atoms in total. The van der Waals surface area contributed by atoms with Crippen LogP contribution in [0.25, 0.3) is 28.0 Å². The number of alkyl halides is 5. The summed E-state index contributed by atoms with van der Waals surface area (Å²) in [5.74, 6) is 0.470. The standard InChI is InChI=1S/C22H16F5N3O2/c1-12-19-17(22(25,26)27)11-18(13-3-7-16(8-4-13)32-21(23)24)28-20(19)30(29-12)14-5-9-15(31-2)10-6-14/h3-11,21H,1-2H3. The van der Waals surface area contributed by atoms with Crippen molar-refractivity contribution in [2.45, 2.75) is 19.7 Å². The third-order valence-electron chi connectivity index (χ3n) is 4.81. The highest BCUT2D eigenvalue weighted by Gasteiger charge is 2.35. The Bertz CT molecular complexity index is 1250. The van der Waals surface area contributed by atoms with E-state index in [2.05, 4.69) is 14.8 Å². The fourth-order valence-corrected chi connectivity index (χ4v) is 3.37. The van der Waals surface area contributed by atoms with Gasteiger partial charge >= 0.3 is 12.8 Å². The predicted octanol–water partition coefficient (Wildman–Crippen LogP) is 6.02. The van der Waals surface area contributed by atoms with Gasteiger partial charge in [-0.15, -0.1) is 0 Å². The Morgan fingerprint density at radius 1 is 0.938 bits per heavy atom. The first-order chi connectivity index (χ1) is 15.2. The quantitative estimate of drug-likeness (QED) is 0.350. The van der Waals surface area contributed by atoms with E-state index in [0.717, 1.165) is 6.07 Å². The summed E-state index contributed by atoms with van der Waals surface area (Å²) in [6.07, 6.45) is -4.66. The van der Waals surface area contributed by atoms with E-state index >= 15 is 0 Å². The lowest BCUT2D eigenvalue weighted by atomic mass is 10.0. The molecular formula is C22H16F5N3O2. The van der Waals surface area contributed by atoms with Crippen LogP contribution in [0.4, 0.5) is 22.0 Å². The third kappa shape index (κ3) is 4.08. The molecule has 0 atom stereocenters. The van der Waals surface area contributed by atoms with Crippen molar-refractivity contribution in [2.24, 2.45) is 0 Å². The molecule has 0 unspecified atom stereocenters. The van der Waals surface area contributed by atoms with Gasteiger partial charge in [0.25, 0.3) is 0 Å². The first-order valence-electron chi connectivity index (χ1n) is 9.34. The minimum Gasteiger partial charge on any atom is -0.497 e. The summed E-state index contributed by atoms with van der Waals surface area (Å²) in [4.78, 5) is 4.43. The molecule has 166 valence electrons. The number of pyridine rings is 1. The summed E-state index contributed by atoms with van der Waals surface area (Å²) >= 11 is 0. The van der Waals surface area contributed by atoms with Crippen molar-refractivity contribution in [3.8, 4) is 28.4 Å². The van der Waals surface area contributed by atoms with E-state index in [1.807, 2.05) is 0 Å². The molecule has 4 rings (SSSR count). The summed E-state index contributed by atoms with van der Waals surface area (Å²) in [5, 5.41) is 4.17. The van der Waals surface area contributed by atoms with Gasteiger partial charge < -0.3 is 9.47 Å². The van der Waals surface area contributed by atoms with Crippen LogP contribution >= 0.6 is 0 Å². The smallest absolute Gasteiger partial charge is 0.417 e. The summed E-state index contributed by atoms with van der Waals surface area (Å²) in [6, 6.07) is 12.8. The van der Waals surface area contributed by atoms with Crippen molar-refractivity contribution in [2.75, 3.05) is 7.11 Å². The number of nitrogens with zero attached hydrogens (tertiary/aromatic N) is 3. The average Bonchev–Trinajstić information content (AvgIpc) is 3.09. The Morgan fingerprint density at radius 3 is 2.12 bits per heavy atom. The maximum Gasteiger partial charge on any atom is 0.417 e. The number of aryl methyl sites for hydroxylation is 1.